The Labute approximate surface area is 55.6 Å². The molecule has 0 aromatic carbocycles. The van der Waals surface area contributed by atoms with Crippen molar-refractivity contribution < 1.29 is 5.06 Å². The fourth-order valence-corrected chi connectivity index (χ4v) is 1.23. The van der Waals surface area contributed by atoms with Gasteiger partial charge in [0.2, 0.25) is 0 Å². The van der Waals surface area contributed by atoms with Crippen molar-refractivity contribution in [3.63, 3.8) is 0 Å². The Morgan fingerprint density at radius 2 is 2.00 bits per heavy atom. The number of hydrogen-bond acceptors (Lipinski definition) is 2. The van der Waals surface area contributed by atoms with Crippen molar-refractivity contribution in [2.24, 2.45) is 0 Å². The topological polar surface area (TPSA) is 39.5 Å². The average Bonchev–Trinajstić information content (AvgIpc) is 1.90. The summed E-state index contributed by atoms with van der Waals surface area (Å²) in [5.74, 6) is 0. The van der Waals surface area contributed by atoms with E-state index in [2.05, 4.69) is 5.32 Å². The first-order chi connectivity index (χ1) is 4.30. The standard InChI is InChI=1S/C6H14N2O/c1-8(9)6-2-4-7-5-3-6/h6-8H,2-5H2,1H3. The van der Waals surface area contributed by atoms with Gasteiger partial charge in [0.25, 0.3) is 0 Å². The van der Waals surface area contributed by atoms with Crippen molar-refractivity contribution in [1.82, 2.24) is 5.32 Å². The smallest absolute Gasteiger partial charge is 0.0894 e. The highest BCUT2D eigenvalue weighted by molar-refractivity contribution is 4.66. The molecule has 1 rings (SSSR count). The third-order valence-electron chi connectivity index (χ3n) is 1.91. The highest BCUT2D eigenvalue weighted by atomic mass is 16.5. The summed E-state index contributed by atoms with van der Waals surface area (Å²) in [6.07, 6.45) is 2.07. The molecular weight excluding hydrogens is 116 g/mol. The van der Waals surface area contributed by atoms with E-state index < -0.39 is 0 Å². The molecule has 54 valence electrons. The van der Waals surface area contributed by atoms with Gasteiger partial charge in [-0.25, -0.2) is 0 Å². The second kappa shape index (κ2) is 3.15. The van der Waals surface area contributed by atoms with Crippen LogP contribution >= 0.6 is 0 Å². The van der Waals surface area contributed by atoms with Crippen molar-refractivity contribution in [2.45, 2.75) is 18.9 Å². The SMILES string of the molecule is C[NH+]([O-])C1CCNCC1. The van der Waals surface area contributed by atoms with E-state index in [4.69, 9.17) is 0 Å². The van der Waals surface area contributed by atoms with Crippen LogP contribution in [-0.4, -0.2) is 26.2 Å². The quantitative estimate of drug-likeness (QED) is 0.435. The summed E-state index contributed by atoms with van der Waals surface area (Å²) in [6.45, 7) is 2.04. The van der Waals surface area contributed by atoms with E-state index in [9.17, 15) is 5.21 Å². The van der Waals surface area contributed by atoms with E-state index in [0.29, 0.717) is 11.1 Å². The first kappa shape index (κ1) is 6.99. The number of piperidine rings is 1. The van der Waals surface area contributed by atoms with E-state index in [1.54, 1.807) is 7.05 Å². The lowest BCUT2D eigenvalue weighted by molar-refractivity contribution is -0.855. The first-order valence-corrected chi connectivity index (χ1v) is 3.52. The molecule has 0 amide bonds. The predicted molar refractivity (Wildman–Crippen MR) is 36.1 cm³/mol. The molecule has 9 heavy (non-hydrogen) atoms. The molecule has 1 aliphatic heterocycles. The summed E-state index contributed by atoms with van der Waals surface area (Å²) in [7, 11) is 1.69. The third-order valence-corrected chi connectivity index (χ3v) is 1.91. The van der Waals surface area contributed by atoms with E-state index in [1.807, 2.05) is 0 Å². The minimum atomic E-state index is 0.353. The summed E-state index contributed by atoms with van der Waals surface area (Å²) >= 11 is 0. The molecule has 1 saturated heterocycles. The van der Waals surface area contributed by atoms with Gasteiger partial charge in [0.05, 0.1) is 13.1 Å². The van der Waals surface area contributed by atoms with Crippen molar-refractivity contribution in [3.05, 3.63) is 5.21 Å². The van der Waals surface area contributed by atoms with Gasteiger partial charge in [-0.15, -0.1) is 0 Å². The maximum atomic E-state index is 10.8. The van der Waals surface area contributed by atoms with Gasteiger partial charge in [0.15, 0.2) is 0 Å². The molecule has 0 spiro atoms. The van der Waals surface area contributed by atoms with E-state index in [1.165, 1.54) is 0 Å². The minimum Gasteiger partial charge on any atom is -0.634 e. The molecule has 0 aromatic rings. The Bertz CT molecular complexity index is 79.1. The van der Waals surface area contributed by atoms with Gasteiger partial charge in [0, 0.05) is 25.9 Å². The molecule has 3 nitrogen and oxygen atoms in total. The highest BCUT2D eigenvalue weighted by Crippen LogP contribution is 1.96. The molecule has 0 aromatic heterocycles. The van der Waals surface area contributed by atoms with Crippen LogP contribution in [0.1, 0.15) is 12.8 Å². The molecule has 1 unspecified atom stereocenters. The van der Waals surface area contributed by atoms with Crippen LogP contribution in [0.15, 0.2) is 0 Å². The number of rotatable bonds is 1. The van der Waals surface area contributed by atoms with Crippen molar-refractivity contribution in [1.29, 1.82) is 0 Å². The summed E-state index contributed by atoms with van der Waals surface area (Å²) in [4.78, 5) is 0. The Hall–Kier alpha value is -0.120. The Balaban J connectivity index is 2.23. The minimum absolute atomic E-state index is 0.353. The number of hydroxylamine groups is 2. The third kappa shape index (κ3) is 1.93. The molecule has 3 heteroatoms. The lowest BCUT2D eigenvalue weighted by Crippen LogP contribution is -3.08. The van der Waals surface area contributed by atoms with Gasteiger partial charge in [-0.2, -0.15) is 0 Å². The lowest BCUT2D eigenvalue weighted by atomic mass is 10.1. The molecule has 1 atom stereocenters. The molecule has 0 saturated carbocycles. The molecule has 2 N–H and O–H groups in total. The normalized spacial score (nSPS) is 26.0. The summed E-state index contributed by atoms with van der Waals surface area (Å²) in [5, 5.41) is 14.3. The van der Waals surface area contributed by atoms with Gasteiger partial charge in [0.1, 0.15) is 0 Å². The summed E-state index contributed by atoms with van der Waals surface area (Å²) < 4.78 is 0. The van der Waals surface area contributed by atoms with Gasteiger partial charge in [-0.1, -0.05) is 0 Å². The average molecular weight is 130 g/mol. The number of nitrogens with one attached hydrogen (secondary N) is 2. The van der Waals surface area contributed by atoms with Gasteiger partial charge < -0.3 is 15.6 Å². The molecular formula is C6H14N2O. The van der Waals surface area contributed by atoms with Crippen molar-refractivity contribution in [3.8, 4) is 0 Å². The molecule has 1 heterocycles. The molecule has 1 aliphatic rings. The zero-order chi connectivity index (χ0) is 6.69. The summed E-state index contributed by atoms with van der Waals surface area (Å²) in [5.41, 5.74) is 0. The first-order valence-electron chi connectivity index (χ1n) is 3.52. The zero-order valence-electron chi connectivity index (χ0n) is 5.81. The van der Waals surface area contributed by atoms with Gasteiger partial charge >= 0.3 is 0 Å². The Morgan fingerprint density at radius 3 is 2.33 bits per heavy atom. The van der Waals surface area contributed by atoms with Crippen LogP contribution in [0.3, 0.4) is 0 Å². The fraction of sp³-hybridized carbons (Fsp3) is 1.00. The van der Waals surface area contributed by atoms with E-state index in [-0.39, 0.29) is 0 Å². The lowest BCUT2D eigenvalue weighted by Gasteiger charge is -2.30. The van der Waals surface area contributed by atoms with Gasteiger partial charge in [-0.05, 0) is 0 Å². The van der Waals surface area contributed by atoms with Crippen LogP contribution in [0.5, 0.6) is 0 Å². The molecule has 0 bridgehead atoms. The zero-order valence-corrected chi connectivity index (χ0v) is 5.81. The van der Waals surface area contributed by atoms with Crippen LogP contribution in [0.2, 0.25) is 0 Å². The monoisotopic (exact) mass is 130 g/mol. The number of hydrogen-bond donors (Lipinski definition) is 2. The number of quaternary nitrogens is 1. The summed E-state index contributed by atoms with van der Waals surface area (Å²) in [6, 6.07) is 0.353. The van der Waals surface area contributed by atoms with Crippen LogP contribution in [0.4, 0.5) is 0 Å². The van der Waals surface area contributed by atoms with Crippen LogP contribution in [0, 0.1) is 5.21 Å². The second-order valence-corrected chi connectivity index (χ2v) is 2.63. The van der Waals surface area contributed by atoms with Crippen LogP contribution in [0.25, 0.3) is 0 Å². The maximum Gasteiger partial charge on any atom is 0.0894 e. The van der Waals surface area contributed by atoms with Crippen molar-refractivity contribution in [2.75, 3.05) is 20.1 Å². The molecule has 0 aliphatic carbocycles. The Kier molecular flexibility index (Phi) is 2.45. The Morgan fingerprint density at radius 1 is 1.44 bits per heavy atom. The van der Waals surface area contributed by atoms with Crippen LogP contribution in [-0.2, 0) is 0 Å². The highest BCUT2D eigenvalue weighted by Gasteiger charge is 2.15. The van der Waals surface area contributed by atoms with Gasteiger partial charge in [-0.3, -0.25) is 0 Å². The van der Waals surface area contributed by atoms with Crippen molar-refractivity contribution >= 4 is 0 Å². The molecule has 1 fully saturated rings. The predicted octanol–water partition coefficient (Wildman–Crippen LogP) is -1.25. The second-order valence-electron chi connectivity index (χ2n) is 2.63. The molecule has 0 radical (unpaired) electrons. The maximum absolute atomic E-state index is 10.8. The fourth-order valence-electron chi connectivity index (χ4n) is 1.23. The van der Waals surface area contributed by atoms with E-state index >= 15 is 0 Å². The largest absolute Gasteiger partial charge is 0.634 e. The van der Waals surface area contributed by atoms with Crippen LogP contribution < -0.4 is 10.4 Å². The van der Waals surface area contributed by atoms with E-state index in [0.717, 1.165) is 25.9 Å².